The van der Waals surface area contributed by atoms with E-state index in [0.29, 0.717) is 0 Å². The van der Waals surface area contributed by atoms with E-state index >= 15 is 0 Å². The number of rotatable bonds is 2. The highest BCUT2D eigenvalue weighted by molar-refractivity contribution is 5.74. The van der Waals surface area contributed by atoms with E-state index in [1.165, 1.54) is 0 Å². The maximum atomic E-state index is 10.0. The van der Waals surface area contributed by atoms with Gasteiger partial charge in [0.2, 0.25) is 0 Å². The van der Waals surface area contributed by atoms with E-state index in [0.717, 1.165) is 23.7 Å². The van der Waals surface area contributed by atoms with E-state index in [1.807, 2.05) is 64.1 Å². The molecule has 0 bridgehead atoms. The lowest BCUT2D eigenvalue weighted by atomic mass is 10.2. The van der Waals surface area contributed by atoms with Crippen molar-refractivity contribution >= 4 is 12.6 Å². The molecule has 0 fully saturated rings. The lowest BCUT2D eigenvalue weighted by Crippen LogP contribution is -1.73. The van der Waals surface area contributed by atoms with Gasteiger partial charge in [0, 0.05) is 11.1 Å². The van der Waals surface area contributed by atoms with Crippen LogP contribution in [0.4, 0.5) is 0 Å². The number of hydrogen-bond acceptors (Lipinski definition) is 2. The van der Waals surface area contributed by atoms with E-state index in [4.69, 9.17) is 0 Å². The van der Waals surface area contributed by atoms with Crippen molar-refractivity contribution in [2.75, 3.05) is 0 Å². The van der Waals surface area contributed by atoms with Crippen LogP contribution in [-0.2, 0) is 0 Å². The molecule has 2 nitrogen and oxygen atoms in total. The fraction of sp³-hybridized carbons (Fsp3) is 0.222. The third kappa shape index (κ3) is 10.9. The predicted octanol–water partition coefficient (Wildman–Crippen LogP) is 5.05. The Morgan fingerprint density at radius 2 is 0.800 bits per heavy atom. The molecule has 0 saturated carbocycles. The second-order valence-electron chi connectivity index (χ2n) is 3.06. The van der Waals surface area contributed by atoms with Crippen LogP contribution in [0.25, 0.3) is 0 Å². The molecule has 0 aliphatic rings. The first-order valence-electron chi connectivity index (χ1n) is 6.87. The van der Waals surface area contributed by atoms with Crippen LogP contribution in [0.15, 0.2) is 60.7 Å². The average Bonchev–Trinajstić information content (AvgIpc) is 2.60. The van der Waals surface area contributed by atoms with Gasteiger partial charge in [0.1, 0.15) is 12.6 Å². The van der Waals surface area contributed by atoms with Crippen LogP contribution in [0.1, 0.15) is 48.4 Å². The van der Waals surface area contributed by atoms with Crippen molar-refractivity contribution in [3.63, 3.8) is 0 Å². The van der Waals surface area contributed by atoms with Gasteiger partial charge in [-0.05, 0) is 0 Å². The summed E-state index contributed by atoms with van der Waals surface area (Å²) in [5.41, 5.74) is 1.46. The molecule has 2 heteroatoms. The van der Waals surface area contributed by atoms with Crippen LogP contribution in [0.5, 0.6) is 0 Å². The van der Waals surface area contributed by atoms with Crippen molar-refractivity contribution in [1.29, 1.82) is 0 Å². The van der Waals surface area contributed by atoms with Gasteiger partial charge in [-0.25, -0.2) is 0 Å². The number of aldehydes is 2. The summed E-state index contributed by atoms with van der Waals surface area (Å²) < 4.78 is 0. The molecule has 0 aliphatic heterocycles. The van der Waals surface area contributed by atoms with Gasteiger partial charge in [-0.2, -0.15) is 0 Å². The molecule has 2 aromatic carbocycles. The molecule has 2 aromatic rings. The topological polar surface area (TPSA) is 34.1 Å². The maximum absolute atomic E-state index is 10.0. The Balaban J connectivity index is 0. The Morgan fingerprint density at radius 3 is 0.950 bits per heavy atom. The number of carbonyl (C=O) groups is 2. The van der Waals surface area contributed by atoms with Crippen LogP contribution in [0.3, 0.4) is 0 Å². The molecule has 0 saturated heterocycles. The van der Waals surface area contributed by atoms with E-state index in [1.54, 1.807) is 24.3 Å². The second kappa shape index (κ2) is 16.8. The van der Waals surface area contributed by atoms with Crippen molar-refractivity contribution in [2.24, 2.45) is 0 Å². The smallest absolute Gasteiger partial charge is 0.150 e. The third-order valence-corrected chi connectivity index (χ3v) is 1.87. The highest BCUT2D eigenvalue weighted by Gasteiger charge is 1.80. The van der Waals surface area contributed by atoms with Crippen molar-refractivity contribution in [2.45, 2.75) is 27.7 Å². The van der Waals surface area contributed by atoms with Gasteiger partial charge in [0.25, 0.3) is 0 Å². The van der Waals surface area contributed by atoms with Gasteiger partial charge in [-0.3, -0.25) is 9.59 Å². The van der Waals surface area contributed by atoms with Crippen LogP contribution in [0, 0.1) is 0 Å². The fourth-order valence-corrected chi connectivity index (χ4v) is 1.06. The lowest BCUT2D eigenvalue weighted by Gasteiger charge is -1.81. The maximum Gasteiger partial charge on any atom is 0.150 e. The molecule has 0 unspecified atom stereocenters. The Kier molecular flexibility index (Phi) is 16.9. The van der Waals surface area contributed by atoms with Gasteiger partial charge in [-0.15, -0.1) is 0 Å². The zero-order chi connectivity index (χ0) is 15.6. The Labute approximate surface area is 122 Å². The summed E-state index contributed by atoms with van der Waals surface area (Å²) >= 11 is 0. The molecule has 0 spiro atoms. The number of hydrogen-bond donors (Lipinski definition) is 0. The van der Waals surface area contributed by atoms with Crippen molar-refractivity contribution < 1.29 is 9.59 Å². The second-order valence-corrected chi connectivity index (χ2v) is 3.06. The molecule has 20 heavy (non-hydrogen) atoms. The van der Waals surface area contributed by atoms with Crippen molar-refractivity contribution in [1.82, 2.24) is 0 Å². The summed E-state index contributed by atoms with van der Waals surface area (Å²) in [7, 11) is 0. The summed E-state index contributed by atoms with van der Waals surface area (Å²) in [6.07, 6.45) is 1.67. The summed E-state index contributed by atoms with van der Waals surface area (Å²) in [6.45, 7) is 8.00. The molecular formula is C18H24O2. The minimum Gasteiger partial charge on any atom is -0.298 e. The molecule has 0 atom stereocenters. The molecule has 0 aromatic heterocycles. The Morgan fingerprint density at radius 1 is 0.550 bits per heavy atom. The normalized spacial score (nSPS) is 7.40. The Bertz CT molecular complexity index is 378. The van der Waals surface area contributed by atoms with Gasteiger partial charge in [0.15, 0.2) is 0 Å². The standard InChI is InChI=1S/2C7H6O.2C2H6/c2*8-6-7-4-2-1-3-5-7;2*1-2/h2*1-6H;2*1-2H3. The average molecular weight is 272 g/mol. The zero-order valence-corrected chi connectivity index (χ0v) is 12.7. The third-order valence-electron chi connectivity index (χ3n) is 1.87. The summed E-state index contributed by atoms with van der Waals surface area (Å²) in [6, 6.07) is 18.2. The number of carbonyl (C=O) groups excluding carboxylic acids is 2. The zero-order valence-electron chi connectivity index (χ0n) is 12.7. The quantitative estimate of drug-likeness (QED) is 0.717. The molecule has 0 amide bonds. The molecule has 0 heterocycles. The summed E-state index contributed by atoms with van der Waals surface area (Å²) in [5, 5.41) is 0. The molecule has 0 aliphatic carbocycles. The van der Waals surface area contributed by atoms with Crippen molar-refractivity contribution in [3.05, 3.63) is 71.8 Å². The Hall–Kier alpha value is -2.22. The fourth-order valence-electron chi connectivity index (χ4n) is 1.06. The highest BCUT2D eigenvalue weighted by atomic mass is 16.1. The highest BCUT2D eigenvalue weighted by Crippen LogP contribution is 1.92. The van der Waals surface area contributed by atoms with Crippen LogP contribution < -0.4 is 0 Å². The first-order valence-corrected chi connectivity index (χ1v) is 6.87. The van der Waals surface area contributed by atoms with Crippen LogP contribution in [0.2, 0.25) is 0 Å². The largest absolute Gasteiger partial charge is 0.298 e. The molecule has 0 N–H and O–H groups in total. The van der Waals surface area contributed by atoms with E-state index in [-0.39, 0.29) is 0 Å². The first-order chi connectivity index (χ1) is 9.86. The van der Waals surface area contributed by atoms with Crippen LogP contribution in [-0.4, -0.2) is 12.6 Å². The minimum atomic E-state index is 0.729. The summed E-state index contributed by atoms with van der Waals surface area (Å²) in [5.74, 6) is 0. The first kappa shape index (κ1) is 20.1. The SMILES string of the molecule is CC.CC.O=Cc1ccccc1.O=Cc1ccccc1. The van der Waals surface area contributed by atoms with Gasteiger partial charge in [0.05, 0.1) is 0 Å². The molecule has 2 rings (SSSR count). The number of benzene rings is 2. The van der Waals surface area contributed by atoms with E-state index in [2.05, 4.69) is 0 Å². The lowest BCUT2D eigenvalue weighted by molar-refractivity contribution is 0.111. The predicted molar refractivity (Wildman–Crippen MR) is 86.4 cm³/mol. The van der Waals surface area contributed by atoms with E-state index < -0.39 is 0 Å². The van der Waals surface area contributed by atoms with Gasteiger partial charge >= 0.3 is 0 Å². The molecular weight excluding hydrogens is 248 g/mol. The monoisotopic (exact) mass is 272 g/mol. The van der Waals surface area contributed by atoms with E-state index in [9.17, 15) is 9.59 Å². The minimum absolute atomic E-state index is 0.729. The van der Waals surface area contributed by atoms with Gasteiger partial charge in [-0.1, -0.05) is 88.4 Å². The van der Waals surface area contributed by atoms with Crippen molar-refractivity contribution in [3.8, 4) is 0 Å². The van der Waals surface area contributed by atoms with Gasteiger partial charge < -0.3 is 0 Å². The molecule has 108 valence electrons. The van der Waals surface area contributed by atoms with Crippen LogP contribution >= 0.6 is 0 Å². The summed E-state index contributed by atoms with van der Waals surface area (Å²) in [4.78, 5) is 20.0. The molecule has 0 radical (unpaired) electrons.